The minimum atomic E-state index is 0.687. The molecule has 0 fully saturated rings. The molecule has 0 saturated carbocycles. The second-order valence-electron chi connectivity index (χ2n) is 2.52. The molecule has 2 nitrogen and oxygen atoms in total. The van der Waals surface area contributed by atoms with Crippen LogP contribution < -0.4 is 0 Å². The van der Waals surface area contributed by atoms with Gasteiger partial charge in [0.05, 0.1) is 4.47 Å². The average molecular weight is 259 g/mol. The molecule has 0 unspecified atom stereocenters. The highest BCUT2D eigenvalue weighted by molar-refractivity contribution is 9.10. The zero-order valence-corrected chi connectivity index (χ0v) is 8.84. The summed E-state index contributed by atoms with van der Waals surface area (Å²) >= 11 is 9.17. The van der Waals surface area contributed by atoms with E-state index in [4.69, 9.17) is 16.1 Å². The van der Waals surface area contributed by atoms with Gasteiger partial charge in [-0.3, -0.25) is 0 Å². The van der Waals surface area contributed by atoms with E-state index in [2.05, 4.69) is 21.1 Å². The Hall–Kier alpha value is -0.800. The zero-order valence-electron chi connectivity index (χ0n) is 6.50. The molecule has 1 aromatic carbocycles. The summed E-state index contributed by atoms with van der Waals surface area (Å²) in [6.45, 7) is 0. The molecule has 0 atom stereocenters. The Morgan fingerprint density at radius 2 is 2.23 bits per heavy atom. The molecule has 0 aliphatic heterocycles. The fourth-order valence-electron chi connectivity index (χ4n) is 1.05. The van der Waals surface area contributed by atoms with Gasteiger partial charge in [0.1, 0.15) is 12.0 Å². The van der Waals surface area contributed by atoms with Gasteiger partial charge in [-0.05, 0) is 28.1 Å². The van der Waals surface area contributed by atoms with Crippen molar-refractivity contribution < 1.29 is 4.52 Å². The molecule has 0 aliphatic rings. The summed E-state index contributed by atoms with van der Waals surface area (Å²) in [6, 6.07) is 7.45. The summed E-state index contributed by atoms with van der Waals surface area (Å²) in [7, 11) is 0. The third-order valence-corrected chi connectivity index (χ3v) is 2.42. The summed E-state index contributed by atoms with van der Waals surface area (Å²) in [5.74, 6) is 0. The molecule has 66 valence electrons. The predicted octanol–water partition coefficient (Wildman–Crippen LogP) is 3.76. The number of hydrogen-bond acceptors (Lipinski definition) is 2. The first-order valence-corrected chi connectivity index (χ1v) is 4.80. The Morgan fingerprint density at radius 3 is 2.85 bits per heavy atom. The highest BCUT2D eigenvalue weighted by Gasteiger charge is 2.07. The molecule has 2 aromatic rings. The van der Waals surface area contributed by atoms with Crippen LogP contribution in [0, 0.1) is 0 Å². The van der Waals surface area contributed by atoms with Gasteiger partial charge in [-0.1, -0.05) is 28.9 Å². The third-order valence-electron chi connectivity index (χ3n) is 1.62. The van der Waals surface area contributed by atoms with Gasteiger partial charge in [0.15, 0.2) is 0 Å². The lowest BCUT2D eigenvalue weighted by atomic mass is 10.2. The van der Waals surface area contributed by atoms with E-state index in [1.807, 2.05) is 24.3 Å². The number of benzene rings is 1. The van der Waals surface area contributed by atoms with Crippen LogP contribution in [0.1, 0.15) is 0 Å². The molecule has 13 heavy (non-hydrogen) atoms. The first kappa shape index (κ1) is 8.78. The number of hydrogen-bond donors (Lipinski definition) is 0. The minimum Gasteiger partial charge on any atom is -0.363 e. The Bertz CT molecular complexity index is 427. The Labute approximate surface area is 88.6 Å². The molecule has 0 amide bonds. The predicted molar refractivity (Wildman–Crippen MR) is 54.6 cm³/mol. The van der Waals surface area contributed by atoms with Crippen LogP contribution in [0.4, 0.5) is 0 Å². The summed E-state index contributed by atoms with van der Waals surface area (Å²) in [6.07, 6.45) is 1.54. The minimum absolute atomic E-state index is 0.687. The van der Waals surface area contributed by atoms with Crippen LogP contribution in [0.15, 0.2) is 39.5 Å². The quantitative estimate of drug-likeness (QED) is 0.778. The van der Waals surface area contributed by atoms with Gasteiger partial charge in [0.2, 0.25) is 0 Å². The molecule has 2 rings (SSSR count). The van der Waals surface area contributed by atoms with Crippen molar-refractivity contribution in [3.63, 3.8) is 0 Å². The molecular weight excluding hydrogens is 253 g/mol. The van der Waals surface area contributed by atoms with Gasteiger partial charge in [0.25, 0.3) is 0 Å². The topological polar surface area (TPSA) is 26.0 Å². The maximum absolute atomic E-state index is 5.84. The number of aromatic nitrogens is 1. The standard InChI is InChI=1S/C9H5BrClNO/c10-8-5-13-12-9(8)6-2-1-3-7(11)4-6/h1-5H. The van der Waals surface area contributed by atoms with Crippen LogP contribution in [0.25, 0.3) is 11.3 Å². The van der Waals surface area contributed by atoms with Crippen molar-refractivity contribution >= 4 is 27.5 Å². The highest BCUT2D eigenvalue weighted by Crippen LogP contribution is 2.27. The molecule has 1 heterocycles. The Kier molecular flexibility index (Phi) is 2.38. The Balaban J connectivity index is 2.53. The van der Waals surface area contributed by atoms with E-state index in [1.54, 1.807) is 0 Å². The van der Waals surface area contributed by atoms with Crippen molar-refractivity contribution in [2.75, 3.05) is 0 Å². The van der Waals surface area contributed by atoms with Gasteiger partial charge in [0, 0.05) is 10.6 Å². The van der Waals surface area contributed by atoms with E-state index in [0.717, 1.165) is 15.7 Å². The number of halogens is 2. The van der Waals surface area contributed by atoms with E-state index in [-0.39, 0.29) is 0 Å². The molecule has 0 aliphatic carbocycles. The number of rotatable bonds is 1. The van der Waals surface area contributed by atoms with Crippen molar-refractivity contribution in [1.29, 1.82) is 0 Å². The molecule has 0 spiro atoms. The molecule has 1 aromatic heterocycles. The van der Waals surface area contributed by atoms with E-state index in [9.17, 15) is 0 Å². The van der Waals surface area contributed by atoms with Gasteiger partial charge in [-0.2, -0.15) is 0 Å². The molecule has 0 bridgehead atoms. The smallest absolute Gasteiger partial charge is 0.138 e. The summed E-state index contributed by atoms with van der Waals surface area (Å²) in [5.41, 5.74) is 1.70. The fourth-order valence-corrected chi connectivity index (χ4v) is 1.63. The van der Waals surface area contributed by atoms with Crippen LogP contribution in [0.3, 0.4) is 0 Å². The van der Waals surface area contributed by atoms with Crippen LogP contribution in [0.5, 0.6) is 0 Å². The first-order chi connectivity index (χ1) is 6.27. The first-order valence-electron chi connectivity index (χ1n) is 3.63. The van der Waals surface area contributed by atoms with Gasteiger partial charge >= 0.3 is 0 Å². The molecule has 0 radical (unpaired) electrons. The van der Waals surface area contributed by atoms with Crippen LogP contribution >= 0.6 is 27.5 Å². The summed E-state index contributed by atoms with van der Waals surface area (Å²) < 4.78 is 5.63. The lowest BCUT2D eigenvalue weighted by Gasteiger charge is -1.96. The second-order valence-corrected chi connectivity index (χ2v) is 3.81. The second kappa shape index (κ2) is 3.52. The van der Waals surface area contributed by atoms with Crippen molar-refractivity contribution in [3.05, 3.63) is 40.0 Å². The van der Waals surface area contributed by atoms with Gasteiger partial charge in [-0.15, -0.1) is 0 Å². The summed E-state index contributed by atoms with van der Waals surface area (Å²) in [4.78, 5) is 0. The lowest BCUT2D eigenvalue weighted by molar-refractivity contribution is 0.422. The normalized spacial score (nSPS) is 10.3. The van der Waals surface area contributed by atoms with Crippen molar-refractivity contribution in [3.8, 4) is 11.3 Å². The van der Waals surface area contributed by atoms with Crippen molar-refractivity contribution in [2.24, 2.45) is 0 Å². The zero-order chi connectivity index (χ0) is 9.26. The Morgan fingerprint density at radius 1 is 1.38 bits per heavy atom. The molecule has 4 heteroatoms. The van der Waals surface area contributed by atoms with Gasteiger partial charge < -0.3 is 4.52 Å². The lowest BCUT2D eigenvalue weighted by Crippen LogP contribution is -1.77. The third kappa shape index (κ3) is 1.76. The average Bonchev–Trinajstić information content (AvgIpc) is 2.51. The van der Waals surface area contributed by atoms with Crippen molar-refractivity contribution in [1.82, 2.24) is 5.16 Å². The fraction of sp³-hybridized carbons (Fsp3) is 0. The maximum atomic E-state index is 5.84. The van der Waals surface area contributed by atoms with Crippen LogP contribution in [0.2, 0.25) is 5.02 Å². The molecule has 0 N–H and O–H groups in total. The number of nitrogens with zero attached hydrogens (tertiary/aromatic N) is 1. The largest absolute Gasteiger partial charge is 0.363 e. The van der Waals surface area contributed by atoms with E-state index in [1.165, 1.54) is 6.26 Å². The monoisotopic (exact) mass is 257 g/mol. The maximum Gasteiger partial charge on any atom is 0.138 e. The molecular formula is C9H5BrClNO. The SMILES string of the molecule is Clc1cccc(-c2nocc2Br)c1. The van der Waals surface area contributed by atoms with E-state index in [0.29, 0.717) is 5.02 Å². The highest BCUT2D eigenvalue weighted by atomic mass is 79.9. The van der Waals surface area contributed by atoms with Gasteiger partial charge in [-0.25, -0.2) is 0 Å². The summed E-state index contributed by atoms with van der Waals surface area (Å²) in [5, 5.41) is 4.53. The van der Waals surface area contributed by atoms with E-state index < -0.39 is 0 Å². The molecule has 0 saturated heterocycles. The van der Waals surface area contributed by atoms with E-state index >= 15 is 0 Å². The van der Waals surface area contributed by atoms with Crippen LogP contribution in [-0.4, -0.2) is 5.16 Å². The van der Waals surface area contributed by atoms with Crippen LogP contribution in [-0.2, 0) is 0 Å². The van der Waals surface area contributed by atoms with Crippen molar-refractivity contribution in [2.45, 2.75) is 0 Å².